The van der Waals surface area contributed by atoms with Crippen molar-refractivity contribution in [2.24, 2.45) is 0 Å². The van der Waals surface area contributed by atoms with Crippen LogP contribution in [-0.2, 0) is 12.7 Å². The molecule has 0 atom stereocenters. The fraction of sp³-hybridized carbons (Fsp3) is 0.143. The van der Waals surface area contributed by atoms with Crippen molar-refractivity contribution in [1.29, 1.82) is 0 Å². The molecule has 2 aromatic carbocycles. The van der Waals surface area contributed by atoms with Crippen LogP contribution in [0.1, 0.15) is 11.1 Å². The molecule has 2 nitrogen and oxygen atoms in total. The second-order valence-electron chi connectivity index (χ2n) is 4.21. The maximum Gasteiger partial charge on any atom is 0.416 e. The van der Waals surface area contributed by atoms with Crippen LogP contribution in [0.3, 0.4) is 0 Å². The number of anilines is 1. The second kappa shape index (κ2) is 5.63. The minimum atomic E-state index is -4.32. The summed E-state index contributed by atoms with van der Waals surface area (Å²) in [6.45, 7) is 0.360. The smallest absolute Gasteiger partial charge is 0.416 e. The Balaban J connectivity index is 2.02. The number of rotatable bonds is 3. The van der Waals surface area contributed by atoms with Gasteiger partial charge in [0.05, 0.1) is 10.6 Å². The average Bonchev–Trinajstić information content (AvgIpc) is 2.40. The van der Waals surface area contributed by atoms with Gasteiger partial charge in [-0.3, -0.25) is 0 Å². The van der Waals surface area contributed by atoms with E-state index < -0.39 is 11.7 Å². The van der Waals surface area contributed by atoms with Crippen molar-refractivity contribution in [1.82, 2.24) is 0 Å². The van der Waals surface area contributed by atoms with Crippen LogP contribution in [0.15, 0.2) is 42.5 Å². The Labute approximate surface area is 118 Å². The van der Waals surface area contributed by atoms with Crippen LogP contribution in [-0.4, -0.2) is 5.11 Å². The number of phenols is 1. The average molecular weight is 302 g/mol. The molecule has 0 bridgehead atoms. The molecule has 0 aliphatic heterocycles. The van der Waals surface area contributed by atoms with E-state index in [1.165, 1.54) is 18.2 Å². The van der Waals surface area contributed by atoms with Gasteiger partial charge in [-0.15, -0.1) is 0 Å². The zero-order chi connectivity index (χ0) is 14.8. The highest BCUT2D eigenvalue weighted by molar-refractivity contribution is 6.32. The molecule has 0 aromatic heterocycles. The first kappa shape index (κ1) is 14.5. The summed E-state index contributed by atoms with van der Waals surface area (Å²) in [6.07, 6.45) is -4.32. The summed E-state index contributed by atoms with van der Waals surface area (Å²) in [4.78, 5) is 0. The standard InChI is InChI=1S/C14H11ClF3NO/c15-12-7-11(5-6-13(12)20)19-8-9-1-3-10(4-2-9)14(16,17)18/h1-7,19-20H,8H2. The van der Waals surface area contributed by atoms with Crippen LogP contribution in [0, 0.1) is 0 Å². The summed E-state index contributed by atoms with van der Waals surface area (Å²) in [5.41, 5.74) is 0.712. The molecule has 2 aromatic rings. The van der Waals surface area contributed by atoms with E-state index in [0.717, 1.165) is 12.1 Å². The molecule has 0 amide bonds. The Morgan fingerprint density at radius 1 is 1.05 bits per heavy atom. The summed E-state index contributed by atoms with van der Waals surface area (Å²) in [5.74, 6) is -0.0215. The van der Waals surface area contributed by atoms with Gasteiger partial charge in [0.15, 0.2) is 0 Å². The molecular weight excluding hydrogens is 291 g/mol. The summed E-state index contributed by atoms with van der Waals surface area (Å²) >= 11 is 5.75. The molecule has 0 radical (unpaired) electrons. The van der Waals surface area contributed by atoms with Gasteiger partial charge >= 0.3 is 6.18 Å². The SMILES string of the molecule is Oc1ccc(NCc2ccc(C(F)(F)F)cc2)cc1Cl. The number of hydrogen-bond donors (Lipinski definition) is 2. The number of halogens is 4. The van der Waals surface area contributed by atoms with E-state index in [9.17, 15) is 18.3 Å². The summed E-state index contributed by atoms with van der Waals surface area (Å²) < 4.78 is 37.2. The molecule has 0 aliphatic carbocycles. The van der Waals surface area contributed by atoms with E-state index >= 15 is 0 Å². The third-order valence-corrected chi connectivity index (χ3v) is 3.03. The van der Waals surface area contributed by atoms with Crippen LogP contribution in [0.5, 0.6) is 5.75 Å². The van der Waals surface area contributed by atoms with Gasteiger partial charge in [-0.1, -0.05) is 23.7 Å². The number of alkyl halides is 3. The van der Waals surface area contributed by atoms with Crippen LogP contribution in [0.2, 0.25) is 5.02 Å². The van der Waals surface area contributed by atoms with Gasteiger partial charge in [0, 0.05) is 12.2 Å². The third-order valence-electron chi connectivity index (χ3n) is 2.73. The highest BCUT2D eigenvalue weighted by Gasteiger charge is 2.29. The van der Waals surface area contributed by atoms with Gasteiger partial charge in [0.2, 0.25) is 0 Å². The van der Waals surface area contributed by atoms with E-state index in [0.29, 0.717) is 17.8 Å². The quantitative estimate of drug-likeness (QED) is 0.807. The third kappa shape index (κ3) is 3.57. The minimum absolute atomic E-state index is 0.0215. The predicted molar refractivity (Wildman–Crippen MR) is 71.9 cm³/mol. The van der Waals surface area contributed by atoms with Crippen molar-refractivity contribution in [2.45, 2.75) is 12.7 Å². The number of hydrogen-bond acceptors (Lipinski definition) is 2. The van der Waals surface area contributed by atoms with E-state index in [1.54, 1.807) is 12.1 Å². The zero-order valence-electron chi connectivity index (χ0n) is 10.2. The predicted octanol–water partition coefficient (Wildman–Crippen LogP) is 4.68. The second-order valence-corrected chi connectivity index (χ2v) is 4.62. The molecule has 0 fully saturated rings. The summed E-state index contributed by atoms with van der Waals surface area (Å²) in [7, 11) is 0. The molecule has 2 N–H and O–H groups in total. The van der Waals surface area contributed by atoms with Gasteiger partial charge in [0.1, 0.15) is 5.75 Å². The molecular formula is C14H11ClF3NO. The van der Waals surface area contributed by atoms with Crippen molar-refractivity contribution < 1.29 is 18.3 Å². The molecule has 106 valence electrons. The van der Waals surface area contributed by atoms with Gasteiger partial charge in [-0.25, -0.2) is 0 Å². The lowest BCUT2D eigenvalue weighted by Crippen LogP contribution is -2.05. The van der Waals surface area contributed by atoms with Crippen molar-refractivity contribution in [2.75, 3.05) is 5.32 Å². The molecule has 0 saturated heterocycles. The molecule has 0 aliphatic rings. The van der Waals surface area contributed by atoms with E-state index in [1.807, 2.05) is 0 Å². The minimum Gasteiger partial charge on any atom is -0.506 e. The lowest BCUT2D eigenvalue weighted by molar-refractivity contribution is -0.137. The molecule has 20 heavy (non-hydrogen) atoms. The molecule has 0 unspecified atom stereocenters. The Morgan fingerprint density at radius 2 is 1.70 bits per heavy atom. The number of benzene rings is 2. The first-order chi connectivity index (χ1) is 9.36. The lowest BCUT2D eigenvalue weighted by Gasteiger charge is -2.10. The maximum absolute atomic E-state index is 12.4. The first-order valence-corrected chi connectivity index (χ1v) is 6.12. The van der Waals surface area contributed by atoms with Crippen LogP contribution in [0.25, 0.3) is 0 Å². The Morgan fingerprint density at radius 3 is 2.25 bits per heavy atom. The highest BCUT2D eigenvalue weighted by atomic mass is 35.5. The summed E-state index contributed by atoms with van der Waals surface area (Å²) in [5, 5.41) is 12.5. The zero-order valence-corrected chi connectivity index (χ0v) is 11.0. The first-order valence-electron chi connectivity index (χ1n) is 5.75. The molecule has 0 spiro atoms. The fourth-order valence-electron chi connectivity index (χ4n) is 1.63. The largest absolute Gasteiger partial charge is 0.506 e. The molecule has 0 heterocycles. The van der Waals surface area contributed by atoms with E-state index in [-0.39, 0.29) is 10.8 Å². The molecule has 2 rings (SSSR count). The van der Waals surface area contributed by atoms with E-state index in [4.69, 9.17) is 11.6 Å². The van der Waals surface area contributed by atoms with Crippen molar-refractivity contribution in [3.63, 3.8) is 0 Å². The van der Waals surface area contributed by atoms with Crippen molar-refractivity contribution >= 4 is 17.3 Å². The van der Waals surface area contributed by atoms with Crippen LogP contribution >= 0.6 is 11.6 Å². The van der Waals surface area contributed by atoms with Crippen molar-refractivity contribution in [3.05, 3.63) is 58.6 Å². The molecule has 6 heteroatoms. The van der Waals surface area contributed by atoms with Gasteiger partial charge in [-0.05, 0) is 35.9 Å². The van der Waals surface area contributed by atoms with Crippen LogP contribution in [0.4, 0.5) is 18.9 Å². The van der Waals surface area contributed by atoms with E-state index in [2.05, 4.69) is 5.32 Å². The van der Waals surface area contributed by atoms with Crippen LogP contribution < -0.4 is 5.32 Å². The Kier molecular flexibility index (Phi) is 4.09. The van der Waals surface area contributed by atoms with Gasteiger partial charge < -0.3 is 10.4 Å². The lowest BCUT2D eigenvalue weighted by atomic mass is 10.1. The number of nitrogens with one attached hydrogen (secondary N) is 1. The Bertz CT molecular complexity index is 596. The fourth-order valence-corrected chi connectivity index (χ4v) is 1.81. The maximum atomic E-state index is 12.4. The number of phenolic OH excluding ortho intramolecular Hbond substituents is 1. The normalized spacial score (nSPS) is 11.4. The van der Waals surface area contributed by atoms with Gasteiger partial charge in [-0.2, -0.15) is 13.2 Å². The molecule has 0 saturated carbocycles. The van der Waals surface area contributed by atoms with Gasteiger partial charge in [0.25, 0.3) is 0 Å². The Hall–Kier alpha value is -1.88. The monoisotopic (exact) mass is 301 g/mol. The number of aromatic hydroxyl groups is 1. The topological polar surface area (TPSA) is 32.3 Å². The summed E-state index contributed by atoms with van der Waals surface area (Å²) in [6, 6.07) is 9.53. The van der Waals surface area contributed by atoms with Crippen molar-refractivity contribution in [3.8, 4) is 5.75 Å². The highest BCUT2D eigenvalue weighted by Crippen LogP contribution is 2.29.